The molecule has 1 heterocycles. The molecule has 0 unspecified atom stereocenters. The molecule has 0 bridgehead atoms. The van der Waals surface area contributed by atoms with Crippen LogP contribution in [0.25, 0.3) is 11.1 Å². The molecule has 19 heavy (non-hydrogen) atoms. The fraction of sp³-hybridized carbons (Fsp3) is 0.0625. The van der Waals surface area contributed by atoms with Crippen molar-refractivity contribution in [3.63, 3.8) is 0 Å². The molecule has 3 heteroatoms. The van der Waals surface area contributed by atoms with Crippen molar-refractivity contribution in [2.75, 3.05) is 0 Å². The molecule has 0 aliphatic rings. The van der Waals surface area contributed by atoms with E-state index in [1.165, 1.54) is 11.1 Å². The lowest BCUT2D eigenvalue weighted by atomic mass is 10.1. The summed E-state index contributed by atoms with van der Waals surface area (Å²) < 4.78 is 3.14. The Bertz CT molecular complexity index is 711. The molecule has 0 radical (unpaired) electrons. The molecule has 0 atom stereocenters. The van der Waals surface area contributed by atoms with Crippen molar-refractivity contribution in [1.29, 1.82) is 0 Å². The zero-order valence-electron chi connectivity index (χ0n) is 10.3. The standard InChI is InChI=1S/C16H13NS2/c18-16-15(14-9-5-2-6-10-14)12-17(19-16)11-13-7-3-1-4-8-13/h1-10,12H,11H2. The number of rotatable bonds is 3. The van der Waals surface area contributed by atoms with Gasteiger partial charge in [0.25, 0.3) is 0 Å². The maximum absolute atomic E-state index is 5.47. The van der Waals surface area contributed by atoms with Crippen molar-refractivity contribution in [3.05, 3.63) is 76.2 Å². The molecule has 0 saturated carbocycles. The predicted octanol–water partition coefficient (Wildman–Crippen LogP) is 4.99. The number of hydrogen-bond acceptors (Lipinski definition) is 2. The van der Waals surface area contributed by atoms with Gasteiger partial charge in [-0.05, 0) is 22.7 Å². The summed E-state index contributed by atoms with van der Waals surface area (Å²) in [6, 6.07) is 20.8. The molecule has 0 spiro atoms. The van der Waals surface area contributed by atoms with E-state index in [0.717, 1.165) is 15.9 Å². The molecule has 0 aliphatic carbocycles. The second-order valence-electron chi connectivity index (χ2n) is 4.35. The van der Waals surface area contributed by atoms with Crippen molar-refractivity contribution in [1.82, 2.24) is 3.96 Å². The fourth-order valence-corrected chi connectivity index (χ4v) is 3.34. The van der Waals surface area contributed by atoms with Crippen molar-refractivity contribution in [3.8, 4) is 11.1 Å². The van der Waals surface area contributed by atoms with Gasteiger partial charge in [-0.15, -0.1) is 0 Å². The van der Waals surface area contributed by atoms with Crippen LogP contribution in [0.3, 0.4) is 0 Å². The molecule has 1 nitrogen and oxygen atoms in total. The third kappa shape index (κ3) is 2.83. The third-order valence-electron chi connectivity index (χ3n) is 2.96. The maximum atomic E-state index is 5.47. The van der Waals surface area contributed by atoms with Crippen LogP contribution in [-0.4, -0.2) is 3.96 Å². The first-order valence-electron chi connectivity index (χ1n) is 6.13. The molecular weight excluding hydrogens is 270 g/mol. The molecule has 1 aromatic heterocycles. The largest absolute Gasteiger partial charge is 0.299 e. The molecule has 3 rings (SSSR count). The van der Waals surface area contributed by atoms with Crippen molar-refractivity contribution in [2.45, 2.75) is 6.54 Å². The number of hydrogen-bond donors (Lipinski definition) is 0. The summed E-state index contributed by atoms with van der Waals surface area (Å²) >= 11 is 7.10. The molecule has 3 aromatic rings. The Kier molecular flexibility index (Phi) is 3.58. The number of nitrogens with zero attached hydrogens (tertiary/aromatic N) is 1. The minimum Gasteiger partial charge on any atom is -0.299 e. The van der Waals surface area contributed by atoms with Gasteiger partial charge >= 0.3 is 0 Å². The van der Waals surface area contributed by atoms with E-state index in [9.17, 15) is 0 Å². The van der Waals surface area contributed by atoms with E-state index in [2.05, 4.69) is 46.6 Å². The maximum Gasteiger partial charge on any atom is 0.116 e. The fourth-order valence-electron chi connectivity index (χ4n) is 2.03. The Labute approximate surface area is 121 Å². The molecule has 2 aromatic carbocycles. The van der Waals surface area contributed by atoms with Crippen LogP contribution in [0, 0.1) is 3.82 Å². The van der Waals surface area contributed by atoms with Crippen LogP contribution in [0.2, 0.25) is 0 Å². The second kappa shape index (κ2) is 5.51. The smallest absolute Gasteiger partial charge is 0.116 e. The van der Waals surface area contributed by atoms with Crippen molar-refractivity contribution < 1.29 is 0 Å². The van der Waals surface area contributed by atoms with Crippen LogP contribution in [0.4, 0.5) is 0 Å². The topological polar surface area (TPSA) is 4.93 Å². The van der Waals surface area contributed by atoms with E-state index >= 15 is 0 Å². The summed E-state index contributed by atoms with van der Waals surface area (Å²) in [7, 11) is 0. The summed E-state index contributed by atoms with van der Waals surface area (Å²) in [5.74, 6) is 0. The highest BCUT2D eigenvalue weighted by Gasteiger charge is 2.04. The highest BCUT2D eigenvalue weighted by atomic mass is 32.2. The molecule has 94 valence electrons. The molecule has 0 fully saturated rings. The Balaban J connectivity index is 1.92. The molecule has 0 aliphatic heterocycles. The van der Waals surface area contributed by atoms with Crippen molar-refractivity contribution in [2.24, 2.45) is 0 Å². The van der Waals surface area contributed by atoms with Gasteiger partial charge in [0, 0.05) is 11.8 Å². The Morgan fingerprint density at radius 2 is 1.53 bits per heavy atom. The molecular formula is C16H13NS2. The Morgan fingerprint density at radius 3 is 2.21 bits per heavy atom. The molecule has 0 N–H and O–H groups in total. The van der Waals surface area contributed by atoms with Crippen LogP contribution in [0.5, 0.6) is 0 Å². The van der Waals surface area contributed by atoms with Crippen LogP contribution in [0.15, 0.2) is 66.9 Å². The second-order valence-corrected chi connectivity index (χ2v) is 6.07. The zero-order chi connectivity index (χ0) is 13.1. The van der Waals surface area contributed by atoms with Crippen LogP contribution in [-0.2, 0) is 6.54 Å². The van der Waals surface area contributed by atoms with Crippen LogP contribution in [0.1, 0.15) is 5.56 Å². The van der Waals surface area contributed by atoms with Crippen LogP contribution < -0.4 is 0 Å². The lowest BCUT2D eigenvalue weighted by molar-refractivity contribution is 0.882. The van der Waals surface area contributed by atoms with Gasteiger partial charge in [-0.1, -0.05) is 72.9 Å². The Hall–Kier alpha value is -1.71. The summed E-state index contributed by atoms with van der Waals surface area (Å²) in [5.41, 5.74) is 3.63. The Morgan fingerprint density at radius 1 is 0.895 bits per heavy atom. The first-order valence-corrected chi connectivity index (χ1v) is 7.31. The molecule has 0 amide bonds. The average molecular weight is 283 g/mol. The van der Waals surface area contributed by atoms with Crippen molar-refractivity contribution >= 4 is 23.8 Å². The highest BCUT2D eigenvalue weighted by Crippen LogP contribution is 2.25. The van der Waals surface area contributed by atoms with E-state index in [0.29, 0.717) is 0 Å². The minimum atomic E-state index is 0.877. The number of aromatic nitrogens is 1. The van der Waals surface area contributed by atoms with Crippen LogP contribution >= 0.6 is 23.8 Å². The zero-order valence-corrected chi connectivity index (χ0v) is 12.0. The SMILES string of the molecule is S=c1sn(Cc2ccccc2)cc1-c1ccccc1. The minimum absolute atomic E-state index is 0.877. The number of benzene rings is 2. The summed E-state index contributed by atoms with van der Waals surface area (Å²) in [5, 5.41) is 0. The summed E-state index contributed by atoms with van der Waals surface area (Å²) in [6.45, 7) is 0.877. The van der Waals surface area contributed by atoms with Gasteiger partial charge in [-0.2, -0.15) is 0 Å². The van der Waals surface area contributed by atoms with Gasteiger partial charge in [-0.25, -0.2) is 0 Å². The van der Waals surface area contributed by atoms with Gasteiger partial charge in [0.1, 0.15) is 3.82 Å². The van der Waals surface area contributed by atoms with Gasteiger partial charge in [0.2, 0.25) is 0 Å². The summed E-state index contributed by atoms with van der Waals surface area (Å²) in [6.07, 6.45) is 2.15. The quantitative estimate of drug-likeness (QED) is 0.613. The van der Waals surface area contributed by atoms with Gasteiger partial charge in [0.15, 0.2) is 0 Å². The van der Waals surface area contributed by atoms with Gasteiger partial charge in [-0.3, -0.25) is 3.96 Å². The lowest BCUT2D eigenvalue weighted by Crippen LogP contribution is -1.93. The van der Waals surface area contributed by atoms with Gasteiger partial charge < -0.3 is 0 Å². The third-order valence-corrected chi connectivity index (χ3v) is 4.26. The van der Waals surface area contributed by atoms with Gasteiger partial charge in [0.05, 0.1) is 6.54 Å². The predicted molar refractivity (Wildman–Crippen MR) is 84.1 cm³/mol. The first-order chi connectivity index (χ1) is 9.33. The summed E-state index contributed by atoms with van der Waals surface area (Å²) in [4.78, 5) is 0. The molecule has 0 saturated heterocycles. The van der Waals surface area contributed by atoms with E-state index in [1.54, 1.807) is 11.5 Å². The average Bonchev–Trinajstić information content (AvgIpc) is 2.82. The highest BCUT2D eigenvalue weighted by molar-refractivity contribution is 7.73. The van der Waals surface area contributed by atoms with E-state index in [1.807, 2.05) is 24.3 Å². The lowest BCUT2D eigenvalue weighted by Gasteiger charge is -2.01. The van der Waals surface area contributed by atoms with E-state index in [4.69, 9.17) is 12.2 Å². The monoisotopic (exact) mass is 283 g/mol. The normalized spacial score (nSPS) is 10.5. The first kappa shape index (κ1) is 12.3. The van der Waals surface area contributed by atoms with E-state index < -0.39 is 0 Å². The van der Waals surface area contributed by atoms with E-state index in [-0.39, 0.29) is 0 Å².